The van der Waals surface area contributed by atoms with E-state index in [1.807, 2.05) is 12.4 Å². The molecule has 1 heterocycles. The van der Waals surface area contributed by atoms with Crippen LogP contribution >= 0.6 is 0 Å². The van der Waals surface area contributed by atoms with Gasteiger partial charge in [-0.3, -0.25) is 0 Å². The lowest BCUT2D eigenvalue weighted by Gasteiger charge is -2.20. The Bertz CT molecular complexity index is 895. The van der Waals surface area contributed by atoms with E-state index in [2.05, 4.69) is 88.4 Å². The zero-order valence-corrected chi connectivity index (χ0v) is 12.8. The summed E-state index contributed by atoms with van der Waals surface area (Å²) in [5, 5.41) is 0. The second-order valence-electron chi connectivity index (χ2n) is 5.76. The number of aromatic nitrogens is 2. The maximum Gasteiger partial charge on any atom is 0.0964 e. The van der Waals surface area contributed by atoms with E-state index in [0.717, 1.165) is 11.9 Å². The van der Waals surface area contributed by atoms with E-state index >= 15 is 0 Å². The zero-order chi connectivity index (χ0) is 15.5. The van der Waals surface area contributed by atoms with Gasteiger partial charge in [-0.05, 0) is 29.7 Å². The first kappa shape index (κ1) is 13.8. The SMILES string of the molecule is c1ccc(CC(c2ccccc2)n2cnc3ccccc32)cc1. The number of nitrogens with zero attached hydrogens (tertiary/aromatic N) is 2. The van der Waals surface area contributed by atoms with Crippen LogP contribution in [0.3, 0.4) is 0 Å². The number of para-hydroxylation sites is 2. The molecule has 2 heteroatoms. The molecular weight excluding hydrogens is 280 g/mol. The van der Waals surface area contributed by atoms with E-state index in [1.165, 1.54) is 16.6 Å². The molecule has 23 heavy (non-hydrogen) atoms. The maximum absolute atomic E-state index is 4.57. The summed E-state index contributed by atoms with van der Waals surface area (Å²) in [7, 11) is 0. The van der Waals surface area contributed by atoms with Crippen LogP contribution in [0, 0.1) is 0 Å². The Kier molecular flexibility index (Phi) is 3.65. The third-order valence-electron chi connectivity index (χ3n) is 4.27. The molecule has 1 unspecified atom stereocenters. The van der Waals surface area contributed by atoms with Crippen molar-refractivity contribution in [2.45, 2.75) is 12.5 Å². The number of imidazole rings is 1. The molecule has 112 valence electrons. The molecule has 4 rings (SSSR count). The Morgan fingerprint density at radius 1 is 0.739 bits per heavy atom. The highest BCUT2D eigenvalue weighted by molar-refractivity contribution is 5.75. The molecule has 1 atom stereocenters. The third kappa shape index (κ3) is 2.76. The molecule has 0 fully saturated rings. The molecule has 0 spiro atoms. The van der Waals surface area contributed by atoms with Crippen LogP contribution in [0.5, 0.6) is 0 Å². The molecule has 0 aliphatic heterocycles. The smallest absolute Gasteiger partial charge is 0.0964 e. The first-order chi connectivity index (χ1) is 11.4. The van der Waals surface area contributed by atoms with Crippen molar-refractivity contribution in [3.8, 4) is 0 Å². The van der Waals surface area contributed by atoms with Crippen molar-refractivity contribution in [3.05, 3.63) is 102 Å². The van der Waals surface area contributed by atoms with Gasteiger partial charge in [0.25, 0.3) is 0 Å². The summed E-state index contributed by atoms with van der Waals surface area (Å²) < 4.78 is 2.29. The molecule has 0 saturated carbocycles. The van der Waals surface area contributed by atoms with E-state index in [-0.39, 0.29) is 6.04 Å². The van der Waals surface area contributed by atoms with Crippen molar-refractivity contribution < 1.29 is 0 Å². The third-order valence-corrected chi connectivity index (χ3v) is 4.27. The number of hydrogen-bond donors (Lipinski definition) is 0. The Labute approximate surface area is 136 Å². The highest BCUT2D eigenvalue weighted by Gasteiger charge is 2.16. The molecule has 4 aromatic rings. The van der Waals surface area contributed by atoms with Crippen LogP contribution in [0.15, 0.2) is 91.3 Å². The maximum atomic E-state index is 4.57. The monoisotopic (exact) mass is 298 g/mol. The van der Waals surface area contributed by atoms with Gasteiger partial charge >= 0.3 is 0 Å². The minimum atomic E-state index is 0.242. The predicted octanol–water partition coefficient (Wildman–Crippen LogP) is 4.87. The lowest BCUT2D eigenvalue weighted by molar-refractivity contribution is 0.596. The fourth-order valence-electron chi connectivity index (χ4n) is 3.12. The molecule has 0 saturated heterocycles. The van der Waals surface area contributed by atoms with Crippen LogP contribution in [0.4, 0.5) is 0 Å². The second kappa shape index (κ2) is 6.09. The number of benzene rings is 3. The largest absolute Gasteiger partial charge is 0.323 e. The summed E-state index contributed by atoms with van der Waals surface area (Å²) in [6.07, 6.45) is 2.91. The van der Waals surface area contributed by atoms with Gasteiger partial charge in [-0.25, -0.2) is 4.98 Å². The van der Waals surface area contributed by atoms with E-state index < -0.39 is 0 Å². The van der Waals surface area contributed by atoms with E-state index in [9.17, 15) is 0 Å². The molecule has 1 aromatic heterocycles. The average Bonchev–Trinajstić information content (AvgIpc) is 3.05. The van der Waals surface area contributed by atoms with Crippen LogP contribution < -0.4 is 0 Å². The van der Waals surface area contributed by atoms with E-state index in [0.29, 0.717) is 0 Å². The summed E-state index contributed by atoms with van der Waals surface area (Å²) in [6, 6.07) is 29.9. The van der Waals surface area contributed by atoms with Crippen molar-refractivity contribution in [2.75, 3.05) is 0 Å². The van der Waals surface area contributed by atoms with Gasteiger partial charge in [0.15, 0.2) is 0 Å². The molecule has 0 N–H and O–H groups in total. The van der Waals surface area contributed by atoms with Crippen molar-refractivity contribution in [2.24, 2.45) is 0 Å². The minimum Gasteiger partial charge on any atom is -0.323 e. The van der Waals surface area contributed by atoms with Crippen molar-refractivity contribution in [1.82, 2.24) is 9.55 Å². The second-order valence-corrected chi connectivity index (χ2v) is 5.76. The molecular formula is C21H18N2. The first-order valence-corrected chi connectivity index (χ1v) is 7.92. The number of fused-ring (bicyclic) bond motifs is 1. The van der Waals surface area contributed by atoms with Gasteiger partial charge in [-0.15, -0.1) is 0 Å². The normalized spacial score (nSPS) is 12.3. The van der Waals surface area contributed by atoms with Gasteiger partial charge in [-0.2, -0.15) is 0 Å². The van der Waals surface area contributed by atoms with Crippen LogP contribution in [0.2, 0.25) is 0 Å². The quantitative estimate of drug-likeness (QED) is 0.525. The lowest BCUT2D eigenvalue weighted by atomic mass is 9.98. The van der Waals surface area contributed by atoms with Gasteiger partial charge in [0.05, 0.1) is 23.4 Å². The standard InChI is InChI=1S/C21H18N2/c1-3-9-17(10-4-1)15-21(18-11-5-2-6-12-18)23-16-22-19-13-7-8-14-20(19)23/h1-14,16,21H,15H2. The van der Waals surface area contributed by atoms with Crippen molar-refractivity contribution in [1.29, 1.82) is 0 Å². The Balaban J connectivity index is 1.82. The summed E-state index contributed by atoms with van der Waals surface area (Å²) in [5.74, 6) is 0. The van der Waals surface area contributed by atoms with E-state index in [4.69, 9.17) is 0 Å². The van der Waals surface area contributed by atoms with Crippen LogP contribution in [-0.4, -0.2) is 9.55 Å². The number of hydrogen-bond acceptors (Lipinski definition) is 1. The highest BCUT2D eigenvalue weighted by atomic mass is 15.1. The predicted molar refractivity (Wildman–Crippen MR) is 94.5 cm³/mol. The highest BCUT2D eigenvalue weighted by Crippen LogP contribution is 2.27. The zero-order valence-electron chi connectivity index (χ0n) is 12.8. The molecule has 0 aliphatic carbocycles. The summed E-state index contributed by atoms with van der Waals surface area (Å²) in [5.41, 5.74) is 4.86. The fraction of sp³-hybridized carbons (Fsp3) is 0.0952. The topological polar surface area (TPSA) is 17.8 Å². The van der Waals surface area contributed by atoms with Gasteiger partial charge in [0.1, 0.15) is 0 Å². The summed E-state index contributed by atoms with van der Waals surface area (Å²) >= 11 is 0. The van der Waals surface area contributed by atoms with Gasteiger partial charge < -0.3 is 4.57 Å². The van der Waals surface area contributed by atoms with E-state index in [1.54, 1.807) is 0 Å². The summed E-state index contributed by atoms with van der Waals surface area (Å²) in [4.78, 5) is 4.57. The average molecular weight is 298 g/mol. The molecule has 0 aliphatic rings. The van der Waals surface area contributed by atoms with Crippen LogP contribution in [0.25, 0.3) is 11.0 Å². The Morgan fingerprint density at radius 3 is 2.17 bits per heavy atom. The van der Waals surface area contributed by atoms with Gasteiger partial charge in [0.2, 0.25) is 0 Å². The molecule has 0 bridgehead atoms. The first-order valence-electron chi connectivity index (χ1n) is 7.92. The summed E-state index contributed by atoms with van der Waals surface area (Å²) in [6.45, 7) is 0. The van der Waals surface area contributed by atoms with Crippen molar-refractivity contribution >= 4 is 11.0 Å². The molecule has 3 aromatic carbocycles. The van der Waals surface area contributed by atoms with Gasteiger partial charge in [-0.1, -0.05) is 72.8 Å². The number of rotatable bonds is 4. The van der Waals surface area contributed by atoms with Crippen LogP contribution in [-0.2, 0) is 6.42 Å². The Morgan fingerprint density at radius 2 is 1.39 bits per heavy atom. The minimum absolute atomic E-state index is 0.242. The molecule has 0 amide bonds. The lowest BCUT2D eigenvalue weighted by Crippen LogP contribution is -2.12. The fourth-order valence-corrected chi connectivity index (χ4v) is 3.12. The molecule has 2 nitrogen and oxygen atoms in total. The molecule has 0 radical (unpaired) electrons. The van der Waals surface area contributed by atoms with Crippen LogP contribution in [0.1, 0.15) is 17.2 Å². The van der Waals surface area contributed by atoms with Gasteiger partial charge in [0, 0.05) is 0 Å². The Hall–Kier alpha value is -2.87. The van der Waals surface area contributed by atoms with Crippen molar-refractivity contribution in [3.63, 3.8) is 0 Å².